The van der Waals surface area contributed by atoms with Gasteiger partial charge in [0, 0.05) is 32.6 Å². The first kappa shape index (κ1) is 39.2. The van der Waals surface area contributed by atoms with E-state index in [1.807, 2.05) is 50.4 Å². The molecule has 0 saturated heterocycles. The summed E-state index contributed by atoms with van der Waals surface area (Å²) >= 11 is 1.60. The lowest BCUT2D eigenvalue weighted by Crippen LogP contribution is -2.38. The van der Waals surface area contributed by atoms with Crippen molar-refractivity contribution in [3.63, 3.8) is 0 Å². The summed E-state index contributed by atoms with van der Waals surface area (Å²) in [4.78, 5) is 26.2. The fourth-order valence-electron chi connectivity index (χ4n) is 5.35. The Kier molecular flexibility index (Phi) is 15.3. The number of thioether (sulfide) groups is 1. The number of amides is 1. The zero-order valence-electron chi connectivity index (χ0n) is 30.9. The number of hydrazine groups is 1. The van der Waals surface area contributed by atoms with Crippen LogP contribution in [0, 0.1) is 0 Å². The molecule has 2 heterocycles. The van der Waals surface area contributed by atoms with Gasteiger partial charge in [0.2, 0.25) is 5.96 Å². The Balaban J connectivity index is 0.000000735. The first-order chi connectivity index (χ1) is 23.5. The van der Waals surface area contributed by atoms with E-state index < -0.39 is 0 Å². The first-order valence-corrected chi connectivity index (χ1v) is 17.8. The van der Waals surface area contributed by atoms with E-state index in [0.29, 0.717) is 24.1 Å². The number of fused-ring (bicyclic) bond motifs is 1. The van der Waals surface area contributed by atoms with Crippen LogP contribution in [0.3, 0.4) is 0 Å². The minimum absolute atomic E-state index is 0.117. The quantitative estimate of drug-likeness (QED) is 0.131. The van der Waals surface area contributed by atoms with Gasteiger partial charge >= 0.3 is 0 Å². The van der Waals surface area contributed by atoms with Crippen molar-refractivity contribution >= 4 is 46.4 Å². The van der Waals surface area contributed by atoms with Gasteiger partial charge in [0.05, 0.1) is 29.3 Å². The number of nitrogens with zero attached hydrogens (tertiary/aromatic N) is 5. The lowest BCUT2D eigenvalue weighted by atomic mass is 10.0. The van der Waals surface area contributed by atoms with Crippen LogP contribution in [0.4, 0.5) is 22.7 Å². The maximum atomic E-state index is 14.1. The molecular formula is C39H56N8OS. The van der Waals surface area contributed by atoms with Gasteiger partial charge in [-0.25, -0.2) is 10.0 Å². The molecular weight excluding hydrogens is 629 g/mol. The zero-order chi connectivity index (χ0) is 36.1. The summed E-state index contributed by atoms with van der Waals surface area (Å²) in [6.45, 7) is 17.0. The van der Waals surface area contributed by atoms with Crippen molar-refractivity contribution in [2.45, 2.75) is 51.3 Å². The van der Waals surface area contributed by atoms with Gasteiger partial charge in [-0.3, -0.25) is 9.69 Å². The van der Waals surface area contributed by atoms with E-state index in [0.717, 1.165) is 51.2 Å². The average Bonchev–Trinajstić information content (AvgIpc) is 3.39. The summed E-state index contributed by atoms with van der Waals surface area (Å²) in [5.41, 5.74) is 9.88. The van der Waals surface area contributed by atoms with Gasteiger partial charge in [0.25, 0.3) is 5.91 Å². The molecule has 0 bridgehead atoms. The minimum atomic E-state index is -0.117. The second-order valence-corrected chi connectivity index (χ2v) is 13.6. The maximum Gasteiger partial charge on any atom is 0.282 e. The molecule has 2 aromatic rings. The molecule has 0 aromatic heterocycles. The lowest BCUT2D eigenvalue weighted by molar-refractivity contribution is -0.122. The molecule has 0 saturated carbocycles. The number of anilines is 4. The van der Waals surface area contributed by atoms with Gasteiger partial charge < -0.3 is 25.9 Å². The highest BCUT2D eigenvalue weighted by atomic mass is 32.2. The number of hydrogen-bond donors (Lipinski definition) is 3. The number of hydrogen-bond acceptors (Lipinski definition) is 9. The number of carbonyl (C=O) groups is 1. The van der Waals surface area contributed by atoms with Crippen LogP contribution in [0.5, 0.6) is 0 Å². The molecule has 2 aliphatic heterocycles. The van der Waals surface area contributed by atoms with Gasteiger partial charge in [-0.05, 0) is 87.8 Å². The standard InChI is InChI=1S/C32H39N7OS.C5H13N.C2H4/c1-7-33-25-16-15-24(36-37(4)5)19-26(25)34-32-35-29(30(40)39(32)20-22-12-10-8-9-11-13-22)31-38(6)27-18-23(21(2)3)14-17-28(27)41-31;1-4-5-6(2)3;1-2/h8,10-19,21,33,36H,7,9,20H2,1-6H3,(H,34,35);4-5H2,1-3H3;1-2H2/b31-29-;;. The Morgan fingerprint density at radius 3 is 2.41 bits per heavy atom. The molecule has 0 spiro atoms. The first-order valence-electron chi connectivity index (χ1n) is 17.0. The molecule has 3 aliphatic rings. The van der Waals surface area contributed by atoms with Crippen LogP contribution in [-0.2, 0) is 4.79 Å². The van der Waals surface area contributed by atoms with Crippen molar-refractivity contribution in [2.75, 3.05) is 75.8 Å². The smallest absolute Gasteiger partial charge is 0.282 e. The normalized spacial score (nSPS) is 16.5. The van der Waals surface area contributed by atoms with Crippen LogP contribution in [-0.4, -0.2) is 81.5 Å². The summed E-state index contributed by atoms with van der Waals surface area (Å²) in [6, 6.07) is 12.6. The maximum absolute atomic E-state index is 14.1. The molecule has 9 nitrogen and oxygen atoms in total. The van der Waals surface area contributed by atoms with Crippen molar-refractivity contribution < 1.29 is 4.79 Å². The topological polar surface area (TPSA) is 78.5 Å². The minimum Gasteiger partial charge on any atom is -0.384 e. The number of benzene rings is 2. The lowest BCUT2D eigenvalue weighted by Gasteiger charge is -2.22. The van der Waals surface area contributed by atoms with E-state index in [2.05, 4.69) is 123 Å². The van der Waals surface area contributed by atoms with Crippen molar-refractivity contribution in [1.29, 1.82) is 0 Å². The fourth-order valence-corrected chi connectivity index (χ4v) is 6.46. The van der Waals surface area contributed by atoms with Gasteiger partial charge in [0.1, 0.15) is 5.03 Å². The molecule has 2 aromatic carbocycles. The van der Waals surface area contributed by atoms with Gasteiger partial charge in [0.15, 0.2) is 5.70 Å². The van der Waals surface area contributed by atoms with E-state index in [9.17, 15) is 4.79 Å². The second kappa shape index (κ2) is 19.1. The summed E-state index contributed by atoms with van der Waals surface area (Å²) in [5, 5.41) is 9.67. The summed E-state index contributed by atoms with van der Waals surface area (Å²) in [7, 11) is 10.1. The van der Waals surface area contributed by atoms with Crippen LogP contribution in [0.25, 0.3) is 0 Å². The summed E-state index contributed by atoms with van der Waals surface area (Å²) < 4.78 is 0. The molecule has 3 N–H and O–H groups in total. The van der Waals surface area contributed by atoms with Crippen molar-refractivity contribution in [2.24, 2.45) is 4.99 Å². The Morgan fingerprint density at radius 1 is 1.02 bits per heavy atom. The van der Waals surface area contributed by atoms with Gasteiger partial charge in [-0.2, -0.15) is 0 Å². The van der Waals surface area contributed by atoms with Crippen LogP contribution >= 0.6 is 11.8 Å². The van der Waals surface area contributed by atoms with E-state index in [1.54, 1.807) is 16.7 Å². The third-order valence-electron chi connectivity index (χ3n) is 7.69. The highest BCUT2D eigenvalue weighted by Crippen LogP contribution is 2.48. The Bertz CT molecular complexity index is 1590. The van der Waals surface area contributed by atoms with Crippen LogP contribution in [0.2, 0.25) is 0 Å². The molecule has 0 atom stereocenters. The van der Waals surface area contributed by atoms with Crippen LogP contribution < -0.4 is 21.0 Å². The van der Waals surface area contributed by atoms with E-state index >= 15 is 0 Å². The highest BCUT2D eigenvalue weighted by molar-refractivity contribution is 8.03. The monoisotopic (exact) mass is 684 g/mol. The largest absolute Gasteiger partial charge is 0.384 e. The zero-order valence-corrected chi connectivity index (χ0v) is 31.7. The average molecular weight is 685 g/mol. The molecule has 5 rings (SSSR count). The Labute approximate surface area is 299 Å². The summed E-state index contributed by atoms with van der Waals surface area (Å²) in [5.74, 6) is 0.814. The number of aliphatic imine (C=N–C) groups is 1. The Hall–Kier alpha value is -4.25. The molecule has 1 amide bonds. The van der Waals surface area contributed by atoms with Gasteiger partial charge in [-0.15, -0.1) is 13.2 Å². The molecule has 0 radical (unpaired) electrons. The number of carbonyl (C=O) groups excluding carboxylic acids is 1. The summed E-state index contributed by atoms with van der Waals surface area (Å²) in [6.07, 6.45) is 12.5. The molecule has 0 fully saturated rings. The highest BCUT2D eigenvalue weighted by Gasteiger charge is 2.37. The molecule has 0 unspecified atom stereocenters. The molecule has 10 heteroatoms. The van der Waals surface area contributed by atoms with Crippen LogP contribution in [0.1, 0.15) is 52.0 Å². The third kappa shape index (κ3) is 10.6. The number of rotatable bonds is 10. The predicted octanol–water partition coefficient (Wildman–Crippen LogP) is 8.35. The van der Waals surface area contributed by atoms with Crippen LogP contribution in [0.15, 0.2) is 106 Å². The van der Waals surface area contributed by atoms with E-state index in [1.165, 1.54) is 18.5 Å². The third-order valence-corrected chi connectivity index (χ3v) is 8.92. The van der Waals surface area contributed by atoms with Gasteiger partial charge in [-0.1, -0.05) is 69.0 Å². The van der Waals surface area contributed by atoms with E-state index in [4.69, 9.17) is 4.99 Å². The number of allylic oxidation sites excluding steroid dienone is 4. The van der Waals surface area contributed by atoms with Crippen molar-refractivity contribution in [3.05, 3.63) is 102 Å². The Morgan fingerprint density at radius 2 is 1.78 bits per heavy atom. The molecule has 264 valence electrons. The van der Waals surface area contributed by atoms with Crippen molar-refractivity contribution in [3.8, 4) is 0 Å². The van der Waals surface area contributed by atoms with Crippen molar-refractivity contribution in [1.82, 2.24) is 14.8 Å². The predicted molar refractivity (Wildman–Crippen MR) is 214 cm³/mol. The molecule has 1 aliphatic carbocycles. The SMILES string of the molecule is C=C.CCCN(C)C.CCNc1ccc(NN(C)C)cc1NC1=N/C(=C2\Sc3ccc(C(C)C)cc3N2C)C(=O)N1CC1=CC=CCC=C1. The van der Waals surface area contributed by atoms with E-state index in [-0.39, 0.29) is 5.91 Å². The molecule has 49 heavy (non-hydrogen) atoms. The number of guanidine groups is 1. The second-order valence-electron chi connectivity index (χ2n) is 12.6. The fraction of sp³-hybridized carbons (Fsp3) is 0.385. The number of nitrogens with one attached hydrogen (secondary N) is 3.